The van der Waals surface area contributed by atoms with Gasteiger partial charge in [0, 0.05) is 25.0 Å². The maximum atomic E-state index is 10.5. The maximum absolute atomic E-state index is 10.5. The second-order valence-corrected chi connectivity index (χ2v) is 2.64. The zero-order chi connectivity index (χ0) is 8.97. The van der Waals surface area contributed by atoms with E-state index in [0.717, 1.165) is 0 Å². The van der Waals surface area contributed by atoms with Crippen LogP contribution in [0, 0.1) is 5.92 Å². The van der Waals surface area contributed by atoms with Gasteiger partial charge >= 0.3 is 5.97 Å². The van der Waals surface area contributed by atoms with Crippen LogP contribution in [0.3, 0.4) is 0 Å². The number of carboxylic acid groups (broad SMARTS) is 1. The Morgan fingerprint density at radius 3 is 2.92 bits per heavy atom. The average Bonchev–Trinajstić information content (AvgIpc) is 2.06. The predicted molar refractivity (Wildman–Crippen MR) is 42.5 cm³/mol. The molecular formula is C8H10N2O2. The fraction of sp³-hybridized carbons (Fsp3) is 0.375. The number of carboxylic acids is 1. The first-order valence-electron chi connectivity index (χ1n) is 3.68. The van der Waals surface area contributed by atoms with Gasteiger partial charge in [0.05, 0.1) is 11.6 Å². The quantitative estimate of drug-likeness (QED) is 0.719. The Labute approximate surface area is 70.3 Å². The van der Waals surface area contributed by atoms with Gasteiger partial charge in [0.25, 0.3) is 0 Å². The molecule has 1 N–H and O–H groups in total. The van der Waals surface area contributed by atoms with Crippen molar-refractivity contribution in [1.29, 1.82) is 0 Å². The summed E-state index contributed by atoms with van der Waals surface area (Å²) in [5, 5.41) is 8.60. The lowest BCUT2D eigenvalue weighted by Crippen LogP contribution is -2.13. The first-order chi connectivity index (χ1) is 5.70. The van der Waals surface area contributed by atoms with E-state index in [0.29, 0.717) is 12.1 Å². The SMILES string of the molecule is CC(Cc1cnccn1)C(=O)O. The number of nitrogens with zero attached hydrogens (tertiary/aromatic N) is 2. The van der Waals surface area contributed by atoms with Crippen LogP contribution in [0.1, 0.15) is 12.6 Å². The van der Waals surface area contributed by atoms with Crippen molar-refractivity contribution in [3.8, 4) is 0 Å². The third-order valence-corrected chi connectivity index (χ3v) is 1.55. The van der Waals surface area contributed by atoms with Crippen molar-refractivity contribution in [2.75, 3.05) is 0 Å². The van der Waals surface area contributed by atoms with Gasteiger partial charge in [0.1, 0.15) is 0 Å². The van der Waals surface area contributed by atoms with Gasteiger partial charge in [-0.25, -0.2) is 0 Å². The van der Waals surface area contributed by atoms with Gasteiger partial charge in [-0.2, -0.15) is 0 Å². The standard InChI is InChI=1S/C8H10N2O2/c1-6(8(11)12)4-7-5-9-2-3-10-7/h2-3,5-6H,4H2,1H3,(H,11,12). The molecule has 0 saturated heterocycles. The Morgan fingerprint density at radius 2 is 2.42 bits per heavy atom. The first-order valence-corrected chi connectivity index (χ1v) is 3.68. The summed E-state index contributed by atoms with van der Waals surface area (Å²) in [4.78, 5) is 18.3. The van der Waals surface area contributed by atoms with Crippen molar-refractivity contribution in [3.05, 3.63) is 24.3 Å². The molecule has 4 nitrogen and oxygen atoms in total. The number of carbonyl (C=O) groups is 1. The molecule has 0 radical (unpaired) electrons. The fourth-order valence-corrected chi connectivity index (χ4v) is 0.836. The summed E-state index contributed by atoms with van der Waals surface area (Å²) in [6, 6.07) is 0. The van der Waals surface area contributed by atoms with Crippen LogP contribution in [0.5, 0.6) is 0 Å². The van der Waals surface area contributed by atoms with Crippen LogP contribution in [0.15, 0.2) is 18.6 Å². The predicted octanol–water partition coefficient (Wildman–Crippen LogP) is 0.740. The third-order valence-electron chi connectivity index (χ3n) is 1.55. The molecule has 1 unspecified atom stereocenters. The van der Waals surface area contributed by atoms with E-state index in [9.17, 15) is 4.79 Å². The molecular weight excluding hydrogens is 156 g/mol. The highest BCUT2D eigenvalue weighted by Crippen LogP contribution is 2.03. The van der Waals surface area contributed by atoms with E-state index in [1.54, 1.807) is 25.5 Å². The largest absolute Gasteiger partial charge is 0.481 e. The van der Waals surface area contributed by atoms with Gasteiger partial charge in [-0.15, -0.1) is 0 Å². The molecule has 0 saturated carbocycles. The van der Waals surface area contributed by atoms with Crippen LogP contribution < -0.4 is 0 Å². The minimum absolute atomic E-state index is 0.401. The monoisotopic (exact) mass is 166 g/mol. The van der Waals surface area contributed by atoms with Gasteiger partial charge in [-0.1, -0.05) is 6.92 Å². The molecule has 0 fully saturated rings. The summed E-state index contributed by atoms with van der Waals surface area (Å²) in [7, 11) is 0. The molecule has 0 amide bonds. The lowest BCUT2D eigenvalue weighted by molar-refractivity contribution is -0.141. The van der Waals surface area contributed by atoms with E-state index in [4.69, 9.17) is 5.11 Å². The van der Waals surface area contributed by atoms with Gasteiger partial charge in [-0.3, -0.25) is 14.8 Å². The van der Waals surface area contributed by atoms with E-state index in [1.807, 2.05) is 0 Å². The van der Waals surface area contributed by atoms with Gasteiger partial charge in [0.2, 0.25) is 0 Å². The van der Waals surface area contributed by atoms with Gasteiger partial charge in [-0.05, 0) is 0 Å². The van der Waals surface area contributed by atoms with Crippen LogP contribution in [0.4, 0.5) is 0 Å². The highest BCUT2D eigenvalue weighted by molar-refractivity contribution is 5.69. The van der Waals surface area contributed by atoms with E-state index in [1.165, 1.54) is 0 Å². The second kappa shape index (κ2) is 3.80. The number of hydrogen-bond acceptors (Lipinski definition) is 3. The average molecular weight is 166 g/mol. The summed E-state index contributed by atoms with van der Waals surface area (Å²) in [5.41, 5.74) is 0.715. The van der Waals surface area contributed by atoms with Crippen molar-refractivity contribution < 1.29 is 9.90 Å². The van der Waals surface area contributed by atoms with E-state index in [-0.39, 0.29) is 0 Å². The maximum Gasteiger partial charge on any atom is 0.306 e. The molecule has 1 aromatic rings. The van der Waals surface area contributed by atoms with Gasteiger partial charge < -0.3 is 5.11 Å². The molecule has 1 rings (SSSR count). The van der Waals surface area contributed by atoms with E-state index in [2.05, 4.69) is 9.97 Å². The highest BCUT2D eigenvalue weighted by Gasteiger charge is 2.11. The van der Waals surface area contributed by atoms with Crippen LogP contribution in [-0.2, 0) is 11.2 Å². The Balaban J connectivity index is 2.58. The van der Waals surface area contributed by atoms with E-state index < -0.39 is 11.9 Å². The van der Waals surface area contributed by atoms with Crippen molar-refractivity contribution in [1.82, 2.24) is 9.97 Å². The molecule has 0 aromatic carbocycles. The Morgan fingerprint density at radius 1 is 1.67 bits per heavy atom. The number of aromatic nitrogens is 2. The summed E-state index contributed by atoms with van der Waals surface area (Å²) in [5.74, 6) is -1.21. The molecule has 64 valence electrons. The summed E-state index contributed by atoms with van der Waals surface area (Å²) < 4.78 is 0. The number of rotatable bonds is 3. The molecule has 12 heavy (non-hydrogen) atoms. The minimum Gasteiger partial charge on any atom is -0.481 e. The summed E-state index contributed by atoms with van der Waals surface area (Å²) >= 11 is 0. The molecule has 0 bridgehead atoms. The Bertz CT molecular complexity index is 261. The first kappa shape index (κ1) is 8.64. The van der Waals surface area contributed by atoms with Crippen molar-refractivity contribution in [2.45, 2.75) is 13.3 Å². The van der Waals surface area contributed by atoms with Crippen molar-refractivity contribution in [3.63, 3.8) is 0 Å². The molecule has 0 spiro atoms. The van der Waals surface area contributed by atoms with Crippen LogP contribution in [0.2, 0.25) is 0 Å². The number of hydrogen-bond donors (Lipinski definition) is 1. The zero-order valence-corrected chi connectivity index (χ0v) is 6.77. The second-order valence-electron chi connectivity index (χ2n) is 2.64. The van der Waals surface area contributed by atoms with Crippen LogP contribution >= 0.6 is 0 Å². The smallest absolute Gasteiger partial charge is 0.306 e. The lowest BCUT2D eigenvalue weighted by atomic mass is 10.1. The zero-order valence-electron chi connectivity index (χ0n) is 6.77. The van der Waals surface area contributed by atoms with Crippen LogP contribution in [0.25, 0.3) is 0 Å². The topological polar surface area (TPSA) is 63.1 Å². The van der Waals surface area contributed by atoms with Crippen LogP contribution in [-0.4, -0.2) is 21.0 Å². The Kier molecular flexibility index (Phi) is 2.74. The van der Waals surface area contributed by atoms with Crippen molar-refractivity contribution >= 4 is 5.97 Å². The lowest BCUT2D eigenvalue weighted by Gasteiger charge is -2.03. The molecule has 0 aliphatic carbocycles. The molecule has 0 aliphatic heterocycles. The number of aliphatic carboxylic acids is 1. The normalized spacial score (nSPS) is 12.4. The molecule has 4 heteroatoms. The van der Waals surface area contributed by atoms with Gasteiger partial charge in [0.15, 0.2) is 0 Å². The highest BCUT2D eigenvalue weighted by atomic mass is 16.4. The van der Waals surface area contributed by atoms with Crippen molar-refractivity contribution in [2.24, 2.45) is 5.92 Å². The minimum atomic E-state index is -0.805. The molecule has 0 aliphatic rings. The molecule has 1 atom stereocenters. The van der Waals surface area contributed by atoms with E-state index >= 15 is 0 Å². The molecule has 1 aromatic heterocycles. The molecule has 1 heterocycles. The summed E-state index contributed by atoms with van der Waals surface area (Å²) in [6.07, 6.45) is 5.14. The summed E-state index contributed by atoms with van der Waals surface area (Å²) in [6.45, 7) is 1.65. The third kappa shape index (κ3) is 2.30. The fourth-order valence-electron chi connectivity index (χ4n) is 0.836. The Hall–Kier alpha value is -1.45.